The summed E-state index contributed by atoms with van der Waals surface area (Å²) in [6.07, 6.45) is -0.237. The lowest BCUT2D eigenvalue weighted by atomic mass is 9.91. The Labute approximate surface area is 209 Å². The Bertz CT molecular complexity index is 1650. The maximum absolute atomic E-state index is 13.0. The highest BCUT2D eigenvalue weighted by Crippen LogP contribution is 2.37. The molecule has 37 heavy (non-hydrogen) atoms. The van der Waals surface area contributed by atoms with Gasteiger partial charge in [-0.25, -0.2) is 0 Å². The summed E-state index contributed by atoms with van der Waals surface area (Å²) >= 11 is 0. The van der Waals surface area contributed by atoms with Gasteiger partial charge in [0.25, 0.3) is 0 Å². The lowest BCUT2D eigenvalue weighted by molar-refractivity contribution is -0.121. The molecule has 0 aliphatic heterocycles. The molecule has 0 saturated carbocycles. The Morgan fingerprint density at radius 3 is 2.65 bits per heavy atom. The molecule has 4 N–H and O–H groups in total. The summed E-state index contributed by atoms with van der Waals surface area (Å²) in [5, 5.41) is 23.1. The Kier molecular flexibility index (Phi) is 7.14. The van der Waals surface area contributed by atoms with Gasteiger partial charge < -0.3 is 34.2 Å². The van der Waals surface area contributed by atoms with Crippen molar-refractivity contribution < 1.29 is 24.2 Å². The number of ether oxygens (including phenoxy) is 1. The van der Waals surface area contributed by atoms with Crippen molar-refractivity contribution in [2.24, 2.45) is 0 Å². The fraction of sp³-hybridized carbons (Fsp3) is 0.231. The van der Waals surface area contributed by atoms with Crippen molar-refractivity contribution in [1.29, 1.82) is 0 Å². The standard InChI is InChI=1S/C26H25N3O8/c1-14-11-20(31)23(33)24(37-14)16(15-7-8-19(30)21(12-15)36-2)13-22(32)27-9-10-29-18-6-4-3-5-17(18)28-25(34)26(29)35/h3-8,11-12,16,30,33H,9-10,13H2,1-2H3,(H,27,32)(H,28,34)/t16-/m0/s1. The number of carbonyl (C=O) groups is 1. The van der Waals surface area contributed by atoms with Gasteiger partial charge >= 0.3 is 11.1 Å². The molecule has 0 aliphatic rings. The van der Waals surface area contributed by atoms with Gasteiger partial charge in [0.05, 0.1) is 24.1 Å². The van der Waals surface area contributed by atoms with Crippen LogP contribution in [0, 0.1) is 6.92 Å². The van der Waals surface area contributed by atoms with Crippen LogP contribution in [0.5, 0.6) is 17.2 Å². The largest absolute Gasteiger partial charge is 0.504 e. The second-order valence-electron chi connectivity index (χ2n) is 8.40. The molecule has 4 aromatic rings. The summed E-state index contributed by atoms with van der Waals surface area (Å²) in [5.41, 5.74) is -0.711. The van der Waals surface area contributed by atoms with Gasteiger partial charge in [-0.15, -0.1) is 0 Å². The smallest absolute Gasteiger partial charge is 0.316 e. The maximum atomic E-state index is 13.0. The predicted octanol–water partition coefficient (Wildman–Crippen LogP) is 1.71. The highest BCUT2D eigenvalue weighted by atomic mass is 16.5. The number of para-hydroxylation sites is 2. The Morgan fingerprint density at radius 1 is 1.14 bits per heavy atom. The lowest BCUT2D eigenvalue weighted by Gasteiger charge is -2.19. The summed E-state index contributed by atoms with van der Waals surface area (Å²) in [6, 6.07) is 12.3. The molecule has 2 aromatic heterocycles. The predicted molar refractivity (Wildman–Crippen MR) is 134 cm³/mol. The van der Waals surface area contributed by atoms with E-state index >= 15 is 0 Å². The zero-order chi connectivity index (χ0) is 26.7. The van der Waals surface area contributed by atoms with Crippen molar-refractivity contribution in [3.8, 4) is 17.2 Å². The van der Waals surface area contributed by atoms with Gasteiger partial charge in [0.1, 0.15) is 5.76 Å². The molecule has 192 valence electrons. The molecule has 4 rings (SSSR count). The van der Waals surface area contributed by atoms with Crippen LogP contribution in [0.1, 0.15) is 29.4 Å². The van der Waals surface area contributed by atoms with Crippen molar-refractivity contribution in [2.45, 2.75) is 25.8 Å². The number of carbonyl (C=O) groups excluding carboxylic acids is 1. The van der Waals surface area contributed by atoms with Crippen LogP contribution in [0.15, 0.2) is 67.3 Å². The maximum Gasteiger partial charge on any atom is 0.316 e. The number of rotatable bonds is 8. The molecular weight excluding hydrogens is 482 g/mol. The fourth-order valence-corrected chi connectivity index (χ4v) is 4.14. The number of H-pyrrole nitrogens is 1. The zero-order valence-electron chi connectivity index (χ0n) is 20.1. The molecule has 0 spiro atoms. The fourth-order valence-electron chi connectivity index (χ4n) is 4.14. The number of amides is 1. The van der Waals surface area contributed by atoms with Crippen molar-refractivity contribution in [2.75, 3.05) is 13.7 Å². The van der Waals surface area contributed by atoms with E-state index in [0.717, 1.165) is 6.07 Å². The second kappa shape index (κ2) is 10.4. The first-order valence-corrected chi connectivity index (χ1v) is 11.4. The number of phenols is 1. The minimum absolute atomic E-state index is 0.0293. The van der Waals surface area contributed by atoms with Crippen LogP contribution in [0.25, 0.3) is 11.0 Å². The first kappa shape index (κ1) is 25.3. The highest BCUT2D eigenvalue weighted by molar-refractivity contribution is 5.78. The van der Waals surface area contributed by atoms with E-state index in [9.17, 15) is 29.4 Å². The molecule has 0 fully saturated rings. The van der Waals surface area contributed by atoms with E-state index in [1.54, 1.807) is 31.2 Å². The quantitative estimate of drug-likeness (QED) is 0.262. The van der Waals surface area contributed by atoms with Gasteiger partial charge in [0.15, 0.2) is 17.3 Å². The summed E-state index contributed by atoms with van der Waals surface area (Å²) in [4.78, 5) is 52.1. The topological polar surface area (TPSA) is 164 Å². The summed E-state index contributed by atoms with van der Waals surface area (Å²) in [7, 11) is 1.37. The number of aryl methyl sites for hydroxylation is 1. The average Bonchev–Trinajstić information content (AvgIpc) is 2.87. The molecule has 0 unspecified atom stereocenters. The molecule has 0 aliphatic carbocycles. The van der Waals surface area contributed by atoms with Gasteiger partial charge in [-0.05, 0) is 36.8 Å². The molecule has 2 heterocycles. The zero-order valence-corrected chi connectivity index (χ0v) is 20.1. The number of hydrogen-bond donors (Lipinski definition) is 4. The van der Waals surface area contributed by atoms with Crippen LogP contribution >= 0.6 is 0 Å². The number of aromatic amines is 1. The van der Waals surface area contributed by atoms with Crippen molar-refractivity contribution in [3.63, 3.8) is 0 Å². The van der Waals surface area contributed by atoms with Gasteiger partial charge in [0, 0.05) is 25.6 Å². The van der Waals surface area contributed by atoms with E-state index in [1.807, 2.05) is 0 Å². The van der Waals surface area contributed by atoms with Crippen LogP contribution in [-0.4, -0.2) is 39.3 Å². The molecule has 0 saturated heterocycles. The van der Waals surface area contributed by atoms with E-state index in [0.29, 0.717) is 16.6 Å². The van der Waals surface area contributed by atoms with Crippen LogP contribution in [0.3, 0.4) is 0 Å². The molecular formula is C26H25N3O8. The van der Waals surface area contributed by atoms with E-state index < -0.39 is 34.1 Å². The third-order valence-corrected chi connectivity index (χ3v) is 5.92. The first-order chi connectivity index (χ1) is 17.7. The van der Waals surface area contributed by atoms with E-state index in [4.69, 9.17) is 9.15 Å². The Morgan fingerprint density at radius 2 is 1.89 bits per heavy atom. The molecule has 2 aromatic carbocycles. The third kappa shape index (κ3) is 5.25. The molecule has 11 heteroatoms. The number of methoxy groups -OCH3 is 1. The molecule has 0 radical (unpaired) electrons. The minimum Gasteiger partial charge on any atom is -0.504 e. The Balaban J connectivity index is 1.60. The van der Waals surface area contributed by atoms with Gasteiger partial charge in [0.2, 0.25) is 17.1 Å². The van der Waals surface area contributed by atoms with Crippen molar-refractivity contribution in [3.05, 3.63) is 96.5 Å². The van der Waals surface area contributed by atoms with Gasteiger partial charge in [-0.2, -0.15) is 0 Å². The normalized spacial score (nSPS) is 11.8. The van der Waals surface area contributed by atoms with Crippen LogP contribution in [0.4, 0.5) is 0 Å². The van der Waals surface area contributed by atoms with Crippen molar-refractivity contribution >= 4 is 16.9 Å². The number of benzene rings is 2. The van der Waals surface area contributed by atoms with E-state index in [2.05, 4.69) is 10.3 Å². The van der Waals surface area contributed by atoms with E-state index in [-0.39, 0.29) is 42.5 Å². The van der Waals surface area contributed by atoms with Crippen molar-refractivity contribution in [1.82, 2.24) is 14.9 Å². The molecule has 0 bridgehead atoms. The number of aromatic nitrogens is 2. The summed E-state index contributed by atoms with van der Waals surface area (Å²) in [5.74, 6) is -1.85. The molecule has 11 nitrogen and oxygen atoms in total. The number of nitrogens with one attached hydrogen (secondary N) is 2. The first-order valence-electron chi connectivity index (χ1n) is 11.4. The molecule has 1 atom stereocenters. The van der Waals surface area contributed by atoms with Gasteiger partial charge in [-0.3, -0.25) is 19.2 Å². The number of nitrogens with zero attached hydrogens (tertiary/aromatic N) is 1. The number of fused-ring (bicyclic) bond motifs is 1. The SMILES string of the molecule is COc1cc([C@H](CC(=O)NCCn2c(=O)c(=O)[nH]c3ccccc32)c2oc(C)cc(=O)c2O)ccc1O. The van der Waals surface area contributed by atoms with Crippen LogP contribution in [-0.2, 0) is 11.3 Å². The average molecular weight is 507 g/mol. The minimum atomic E-state index is -0.898. The van der Waals surface area contributed by atoms with Crippen LogP contribution < -0.4 is 26.6 Å². The lowest BCUT2D eigenvalue weighted by Crippen LogP contribution is -2.39. The Hall–Kier alpha value is -4.80. The number of aromatic hydroxyl groups is 2. The monoisotopic (exact) mass is 507 g/mol. The third-order valence-electron chi connectivity index (χ3n) is 5.92. The van der Waals surface area contributed by atoms with Crippen LogP contribution in [0.2, 0.25) is 0 Å². The summed E-state index contributed by atoms with van der Waals surface area (Å²) in [6.45, 7) is 1.61. The summed E-state index contributed by atoms with van der Waals surface area (Å²) < 4.78 is 12.1. The van der Waals surface area contributed by atoms with E-state index in [1.165, 1.54) is 29.9 Å². The molecule has 1 amide bonds. The number of hydrogen-bond acceptors (Lipinski definition) is 8. The van der Waals surface area contributed by atoms with Gasteiger partial charge in [-0.1, -0.05) is 18.2 Å². The highest BCUT2D eigenvalue weighted by Gasteiger charge is 2.26. The number of phenolic OH excluding ortho intramolecular Hbond substituents is 1. The second-order valence-corrected chi connectivity index (χ2v) is 8.40.